The first-order valence-electron chi connectivity index (χ1n) is 9.33. The quantitative estimate of drug-likeness (QED) is 0.650. The van der Waals surface area contributed by atoms with E-state index < -0.39 is 0 Å². The number of halogens is 1. The van der Waals surface area contributed by atoms with E-state index >= 15 is 0 Å². The highest BCUT2D eigenvalue weighted by Crippen LogP contribution is 2.34. The molecular formula is C21H19ClN4O2S. The summed E-state index contributed by atoms with van der Waals surface area (Å²) in [6.45, 7) is 2.65. The van der Waals surface area contributed by atoms with Gasteiger partial charge in [-0.05, 0) is 36.2 Å². The summed E-state index contributed by atoms with van der Waals surface area (Å²) < 4.78 is 0. The number of nitrogens with zero attached hydrogens (tertiary/aromatic N) is 3. The standard InChI is InChI=1S/C21H19ClN4O2S/c1-2-13-7-9-15(10-8-13)26-12-14(11-18(26)27)20-24-25-21(29-20)23-19(28)16-5-3-4-6-17(16)22/h3-10,14H,2,11-12H2,1H3,(H,23,25,28)/t14-/m1/s1. The second-order valence-corrected chi connectivity index (χ2v) is 8.22. The Morgan fingerprint density at radius 2 is 1.97 bits per heavy atom. The van der Waals surface area contributed by atoms with Gasteiger partial charge in [0.25, 0.3) is 5.91 Å². The van der Waals surface area contributed by atoms with Gasteiger partial charge in [0.15, 0.2) is 0 Å². The molecule has 0 aliphatic carbocycles. The van der Waals surface area contributed by atoms with E-state index in [4.69, 9.17) is 11.6 Å². The maximum Gasteiger partial charge on any atom is 0.259 e. The van der Waals surface area contributed by atoms with Crippen molar-refractivity contribution in [2.24, 2.45) is 0 Å². The summed E-state index contributed by atoms with van der Waals surface area (Å²) in [5, 5.41) is 12.5. The topological polar surface area (TPSA) is 75.2 Å². The number of anilines is 2. The predicted molar refractivity (Wildman–Crippen MR) is 115 cm³/mol. The molecule has 1 aliphatic heterocycles. The van der Waals surface area contributed by atoms with Crippen LogP contribution in [0.25, 0.3) is 0 Å². The summed E-state index contributed by atoms with van der Waals surface area (Å²) >= 11 is 7.36. The Balaban J connectivity index is 1.45. The summed E-state index contributed by atoms with van der Waals surface area (Å²) in [5.74, 6) is -0.314. The van der Waals surface area contributed by atoms with Crippen molar-refractivity contribution in [2.75, 3.05) is 16.8 Å². The third kappa shape index (κ3) is 4.16. The molecule has 0 radical (unpaired) electrons. The van der Waals surface area contributed by atoms with Crippen LogP contribution < -0.4 is 10.2 Å². The van der Waals surface area contributed by atoms with Crippen LogP contribution in [0.5, 0.6) is 0 Å². The van der Waals surface area contributed by atoms with Gasteiger partial charge in [-0.2, -0.15) is 0 Å². The zero-order valence-electron chi connectivity index (χ0n) is 15.8. The van der Waals surface area contributed by atoms with Gasteiger partial charge in [-0.25, -0.2) is 0 Å². The van der Waals surface area contributed by atoms with Crippen LogP contribution in [0.2, 0.25) is 5.02 Å². The van der Waals surface area contributed by atoms with Crippen molar-refractivity contribution in [1.82, 2.24) is 10.2 Å². The number of carbonyl (C=O) groups is 2. The van der Waals surface area contributed by atoms with Gasteiger partial charge in [0.1, 0.15) is 5.01 Å². The molecule has 2 amide bonds. The molecule has 0 saturated carbocycles. The Labute approximate surface area is 177 Å². The minimum Gasteiger partial charge on any atom is -0.312 e. The van der Waals surface area contributed by atoms with Gasteiger partial charge >= 0.3 is 0 Å². The van der Waals surface area contributed by atoms with Gasteiger partial charge in [-0.1, -0.05) is 54.1 Å². The average Bonchev–Trinajstić information content (AvgIpc) is 3.35. The lowest BCUT2D eigenvalue weighted by Crippen LogP contribution is -2.24. The van der Waals surface area contributed by atoms with E-state index in [0.29, 0.717) is 28.7 Å². The van der Waals surface area contributed by atoms with E-state index in [2.05, 4.69) is 22.4 Å². The average molecular weight is 427 g/mol. The second kappa shape index (κ2) is 8.31. The number of carbonyl (C=O) groups excluding carboxylic acids is 2. The molecule has 148 valence electrons. The molecule has 1 atom stereocenters. The maximum absolute atomic E-state index is 12.5. The molecule has 1 saturated heterocycles. The molecule has 1 aliphatic rings. The van der Waals surface area contributed by atoms with Crippen LogP contribution in [0.15, 0.2) is 48.5 Å². The number of hydrogen-bond donors (Lipinski definition) is 1. The fourth-order valence-electron chi connectivity index (χ4n) is 3.29. The Bertz CT molecular complexity index is 1050. The summed E-state index contributed by atoms with van der Waals surface area (Å²) in [7, 11) is 0. The van der Waals surface area contributed by atoms with Gasteiger partial charge in [0.05, 0.1) is 10.6 Å². The lowest BCUT2D eigenvalue weighted by atomic mass is 10.1. The summed E-state index contributed by atoms with van der Waals surface area (Å²) in [4.78, 5) is 26.7. The molecule has 1 N–H and O–H groups in total. The fourth-order valence-corrected chi connectivity index (χ4v) is 4.35. The second-order valence-electron chi connectivity index (χ2n) is 6.80. The molecule has 0 spiro atoms. The Kier molecular flexibility index (Phi) is 5.60. The van der Waals surface area contributed by atoms with Crippen molar-refractivity contribution >= 4 is 45.6 Å². The van der Waals surface area contributed by atoms with Crippen molar-refractivity contribution in [3.63, 3.8) is 0 Å². The van der Waals surface area contributed by atoms with Gasteiger partial charge in [0.2, 0.25) is 11.0 Å². The SMILES string of the molecule is CCc1ccc(N2C[C@H](c3nnc(NC(=O)c4ccccc4Cl)s3)CC2=O)cc1. The summed E-state index contributed by atoms with van der Waals surface area (Å²) in [6, 6.07) is 14.9. The van der Waals surface area contributed by atoms with Crippen LogP contribution in [0.3, 0.4) is 0 Å². The molecule has 6 nitrogen and oxygen atoms in total. The molecule has 0 unspecified atom stereocenters. The molecule has 8 heteroatoms. The largest absolute Gasteiger partial charge is 0.312 e. The van der Waals surface area contributed by atoms with Crippen molar-refractivity contribution in [3.8, 4) is 0 Å². The smallest absolute Gasteiger partial charge is 0.259 e. The Morgan fingerprint density at radius 3 is 2.69 bits per heavy atom. The first-order valence-corrected chi connectivity index (χ1v) is 10.5. The van der Waals surface area contributed by atoms with Crippen molar-refractivity contribution in [1.29, 1.82) is 0 Å². The molecule has 29 heavy (non-hydrogen) atoms. The first kappa shape index (κ1) is 19.5. The van der Waals surface area contributed by atoms with Gasteiger partial charge < -0.3 is 4.90 Å². The van der Waals surface area contributed by atoms with E-state index in [1.54, 1.807) is 29.2 Å². The highest BCUT2D eigenvalue weighted by Gasteiger charge is 2.34. The van der Waals surface area contributed by atoms with Gasteiger partial charge in [0, 0.05) is 24.6 Å². The van der Waals surface area contributed by atoms with Crippen LogP contribution in [0.4, 0.5) is 10.8 Å². The van der Waals surface area contributed by atoms with Crippen LogP contribution in [-0.4, -0.2) is 28.6 Å². The van der Waals surface area contributed by atoms with Gasteiger partial charge in [-0.15, -0.1) is 10.2 Å². The Morgan fingerprint density at radius 1 is 1.21 bits per heavy atom. The number of benzene rings is 2. The van der Waals surface area contributed by atoms with E-state index in [-0.39, 0.29) is 17.7 Å². The zero-order valence-corrected chi connectivity index (χ0v) is 17.3. The summed E-state index contributed by atoms with van der Waals surface area (Å²) in [5.41, 5.74) is 2.51. The van der Waals surface area contributed by atoms with Crippen molar-refractivity contribution in [3.05, 3.63) is 69.7 Å². The van der Waals surface area contributed by atoms with Crippen LogP contribution in [0, 0.1) is 0 Å². The van der Waals surface area contributed by atoms with Crippen LogP contribution in [-0.2, 0) is 11.2 Å². The van der Waals surface area contributed by atoms with Crippen molar-refractivity contribution in [2.45, 2.75) is 25.7 Å². The zero-order chi connectivity index (χ0) is 20.4. The Hall–Kier alpha value is -2.77. The van der Waals surface area contributed by atoms with E-state index in [1.807, 2.05) is 24.3 Å². The highest BCUT2D eigenvalue weighted by molar-refractivity contribution is 7.15. The number of aryl methyl sites for hydroxylation is 1. The molecule has 2 aromatic carbocycles. The molecule has 0 bridgehead atoms. The molecule has 2 heterocycles. The van der Waals surface area contributed by atoms with Crippen molar-refractivity contribution < 1.29 is 9.59 Å². The molecular weight excluding hydrogens is 408 g/mol. The number of aromatic nitrogens is 2. The first-order chi connectivity index (χ1) is 14.0. The third-order valence-electron chi connectivity index (χ3n) is 4.91. The third-order valence-corrected chi connectivity index (χ3v) is 6.24. The van der Waals surface area contributed by atoms with Gasteiger partial charge in [-0.3, -0.25) is 14.9 Å². The van der Waals surface area contributed by atoms with Crippen LogP contribution >= 0.6 is 22.9 Å². The number of rotatable bonds is 5. The lowest BCUT2D eigenvalue weighted by molar-refractivity contribution is -0.117. The normalized spacial score (nSPS) is 16.3. The van der Waals surface area contributed by atoms with E-state index in [0.717, 1.165) is 17.1 Å². The maximum atomic E-state index is 12.5. The molecule has 4 rings (SSSR count). The minimum atomic E-state index is -0.335. The van der Waals surface area contributed by atoms with E-state index in [9.17, 15) is 9.59 Å². The predicted octanol–water partition coefficient (Wildman–Crippen LogP) is 4.53. The van der Waals surface area contributed by atoms with Crippen LogP contribution in [0.1, 0.15) is 40.2 Å². The fraction of sp³-hybridized carbons (Fsp3) is 0.238. The molecule has 1 aromatic heterocycles. The summed E-state index contributed by atoms with van der Waals surface area (Å²) in [6.07, 6.45) is 1.34. The monoisotopic (exact) mass is 426 g/mol. The highest BCUT2D eigenvalue weighted by atomic mass is 35.5. The molecule has 3 aromatic rings. The molecule has 1 fully saturated rings. The number of amides is 2. The van der Waals surface area contributed by atoms with E-state index in [1.165, 1.54) is 16.9 Å². The number of hydrogen-bond acceptors (Lipinski definition) is 5. The number of nitrogens with one attached hydrogen (secondary N) is 1. The lowest BCUT2D eigenvalue weighted by Gasteiger charge is -2.16. The minimum absolute atomic E-state index is 0.0446.